The maximum Gasteiger partial charge on any atom is 0.0660 e. The van der Waals surface area contributed by atoms with E-state index in [4.69, 9.17) is 6.42 Å². The molecule has 0 amide bonds. The molecular formula is C11H22N2. The number of nitrogens with one attached hydrogen (secondary N) is 1. The second kappa shape index (κ2) is 6.94. The smallest absolute Gasteiger partial charge is 0.0660 e. The van der Waals surface area contributed by atoms with Crippen LogP contribution in [0.1, 0.15) is 27.7 Å². The van der Waals surface area contributed by atoms with Gasteiger partial charge in [0.25, 0.3) is 0 Å². The van der Waals surface area contributed by atoms with E-state index in [1.807, 2.05) is 6.92 Å². The summed E-state index contributed by atoms with van der Waals surface area (Å²) in [6.07, 6.45) is 5.29. The fourth-order valence-electron chi connectivity index (χ4n) is 1.40. The van der Waals surface area contributed by atoms with E-state index in [9.17, 15) is 0 Å². The highest BCUT2D eigenvalue weighted by molar-refractivity contribution is 4.96. The highest BCUT2D eigenvalue weighted by atomic mass is 15.1. The third-order valence-electron chi connectivity index (χ3n) is 2.21. The number of hydrogen-bond donors (Lipinski definition) is 1. The predicted octanol–water partition coefficient (Wildman–Crippen LogP) is 1.33. The SMILES string of the molecule is C#CC(C)NC(C)CN(CC)CC. The lowest BCUT2D eigenvalue weighted by Gasteiger charge is -2.24. The Kier molecular flexibility index (Phi) is 6.66. The molecule has 0 aromatic rings. The average Bonchev–Trinajstić information content (AvgIpc) is 2.13. The molecule has 1 N–H and O–H groups in total. The van der Waals surface area contributed by atoms with Gasteiger partial charge in [-0.25, -0.2) is 0 Å². The third-order valence-corrected chi connectivity index (χ3v) is 2.21. The van der Waals surface area contributed by atoms with Crippen molar-refractivity contribution in [1.29, 1.82) is 0 Å². The number of nitrogens with zero attached hydrogens (tertiary/aromatic N) is 1. The van der Waals surface area contributed by atoms with Gasteiger partial charge in [-0.05, 0) is 26.9 Å². The fraction of sp³-hybridized carbons (Fsp3) is 0.818. The highest BCUT2D eigenvalue weighted by Gasteiger charge is 2.07. The van der Waals surface area contributed by atoms with E-state index in [0.29, 0.717) is 6.04 Å². The van der Waals surface area contributed by atoms with Crippen molar-refractivity contribution in [1.82, 2.24) is 10.2 Å². The summed E-state index contributed by atoms with van der Waals surface area (Å²) in [5.74, 6) is 2.68. The van der Waals surface area contributed by atoms with Gasteiger partial charge < -0.3 is 10.2 Å². The van der Waals surface area contributed by atoms with Gasteiger partial charge in [-0.2, -0.15) is 0 Å². The molecular weight excluding hydrogens is 160 g/mol. The van der Waals surface area contributed by atoms with Gasteiger partial charge in [0.1, 0.15) is 0 Å². The van der Waals surface area contributed by atoms with E-state index in [0.717, 1.165) is 19.6 Å². The second-order valence-corrected chi connectivity index (χ2v) is 3.44. The molecule has 0 radical (unpaired) electrons. The maximum atomic E-state index is 5.29. The molecule has 0 spiro atoms. The van der Waals surface area contributed by atoms with E-state index in [1.165, 1.54) is 0 Å². The summed E-state index contributed by atoms with van der Waals surface area (Å²) in [5.41, 5.74) is 0. The molecule has 0 rings (SSSR count). The zero-order valence-electron chi connectivity index (χ0n) is 9.30. The van der Waals surface area contributed by atoms with Crippen LogP contribution in [-0.2, 0) is 0 Å². The van der Waals surface area contributed by atoms with Gasteiger partial charge in [0, 0.05) is 12.6 Å². The summed E-state index contributed by atoms with van der Waals surface area (Å²) in [4.78, 5) is 2.39. The van der Waals surface area contributed by atoms with E-state index >= 15 is 0 Å². The van der Waals surface area contributed by atoms with Crippen molar-refractivity contribution in [3.63, 3.8) is 0 Å². The zero-order valence-corrected chi connectivity index (χ0v) is 9.30. The zero-order chi connectivity index (χ0) is 10.3. The molecule has 0 aromatic carbocycles. The Morgan fingerprint density at radius 2 is 1.85 bits per heavy atom. The molecule has 2 unspecified atom stereocenters. The van der Waals surface area contributed by atoms with Gasteiger partial charge in [-0.15, -0.1) is 6.42 Å². The minimum atomic E-state index is 0.172. The molecule has 0 aliphatic carbocycles. The average molecular weight is 182 g/mol. The van der Waals surface area contributed by atoms with E-state index in [2.05, 4.69) is 36.9 Å². The molecule has 76 valence electrons. The Morgan fingerprint density at radius 3 is 2.23 bits per heavy atom. The molecule has 0 saturated heterocycles. The first-order valence-electron chi connectivity index (χ1n) is 5.08. The molecule has 0 heterocycles. The summed E-state index contributed by atoms with van der Waals surface area (Å²) in [6.45, 7) is 11.8. The maximum absolute atomic E-state index is 5.29. The minimum absolute atomic E-state index is 0.172. The first-order chi connectivity index (χ1) is 6.13. The summed E-state index contributed by atoms with van der Waals surface area (Å²) in [5, 5.41) is 3.35. The van der Waals surface area contributed by atoms with Crippen molar-refractivity contribution >= 4 is 0 Å². The molecule has 2 nitrogen and oxygen atoms in total. The molecule has 0 aliphatic heterocycles. The Hall–Kier alpha value is -0.520. The van der Waals surface area contributed by atoms with Crippen molar-refractivity contribution < 1.29 is 0 Å². The van der Waals surface area contributed by atoms with Crippen LogP contribution in [0.25, 0.3) is 0 Å². The quantitative estimate of drug-likeness (QED) is 0.623. The molecule has 0 saturated carbocycles. The van der Waals surface area contributed by atoms with Crippen LogP contribution in [0.5, 0.6) is 0 Å². The Morgan fingerprint density at radius 1 is 1.31 bits per heavy atom. The Balaban J connectivity index is 3.73. The number of terminal acetylenes is 1. The van der Waals surface area contributed by atoms with Crippen molar-refractivity contribution in [2.75, 3.05) is 19.6 Å². The third kappa shape index (κ3) is 5.68. The van der Waals surface area contributed by atoms with E-state index in [-0.39, 0.29) is 6.04 Å². The van der Waals surface area contributed by atoms with Crippen LogP contribution >= 0.6 is 0 Å². The lowest BCUT2D eigenvalue weighted by Crippen LogP contribution is -2.42. The number of rotatable bonds is 6. The first-order valence-corrected chi connectivity index (χ1v) is 5.08. The number of likely N-dealkylation sites (N-methyl/N-ethyl adjacent to an activating group) is 1. The van der Waals surface area contributed by atoms with Gasteiger partial charge in [0.05, 0.1) is 6.04 Å². The number of hydrogen-bond acceptors (Lipinski definition) is 2. The summed E-state index contributed by atoms with van der Waals surface area (Å²) in [6, 6.07) is 0.636. The van der Waals surface area contributed by atoms with Crippen LogP contribution in [-0.4, -0.2) is 36.6 Å². The van der Waals surface area contributed by atoms with Crippen molar-refractivity contribution in [2.45, 2.75) is 39.8 Å². The second-order valence-electron chi connectivity index (χ2n) is 3.44. The van der Waals surface area contributed by atoms with Crippen LogP contribution < -0.4 is 5.32 Å². The first kappa shape index (κ1) is 12.5. The molecule has 2 heteroatoms. The normalized spacial score (nSPS) is 15.4. The van der Waals surface area contributed by atoms with Gasteiger partial charge in [-0.1, -0.05) is 19.8 Å². The summed E-state index contributed by atoms with van der Waals surface area (Å²) < 4.78 is 0. The molecule has 13 heavy (non-hydrogen) atoms. The molecule has 0 bridgehead atoms. The monoisotopic (exact) mass is 182 g/mol. The van der Waals surface area contributed by atoms with Gasteiger partial charge >= 0.3 is 0 Å². The lowest BCUT2D eigenvalue weighted by molar-refractivity contribution is 0.269. The van der Waals surface area contributed by atoms with Crippen LogP contribution in [0.3, 0.4) is 0 Å². The van der Waals surface area contributed by atoms with Gasteiger partial charge in [-0.3, -0.25) is 0 Å². The van der Waals surface area contributed by atoms with Crippen molar-refractivity contribution in [3.8, 4) is 12.3 Å². The highest BCUT2D eigenvalue weighted by Crippen LogP contribution is 1.92. The molecule has 0 aromatic heterocycles. The van der Waals surface area contributed by atoms with E-state index in [1.54, 1.807) is 0 Å². The topological polar surface area (TPSA) is 15.3 Å². The van der Waals surface area contributed by atoms with Crippen LogP contribution in [0.15, 0.2) is 0 Å². The predicted molar refractivity (Wildman–Crippen MR) is 58.7 cm³/mol. The van der Waals surface area contributed by atoms with Crippen LogP contribution in [0, 0.1) is 12.3 Å². The van der Waals surface area contributed by atoms with E-state index < -0.39 is 0 Å². The summed E-state index contributed by atoms with van der Waals surface area (Å²) in [7, 11) is 0. The standard InChI is InChI=1S/C11H22N2/c1-6-10(4)12-11(5)9-13(7-2)8-3/h1,10-12H,7-9H2,2-5H3. The van der Waals surface area contributed by atoms with Crippen LogP contribution in [0.2, 0.25) is 0 Å². The molecule has 0 aliphatic rings. The lowest BCUT2D eigenvalue weighted by atomic mass is 10.2. The van der Waals surface area contributed by atoms with Gasteiger partial charge in [0.2, 0.25) is 0 Å². The van der Waals surface area contributed by atoms with Gasteiger partial charge in [0.15, 0.2) is 0 Å². The minimum Gasteiger partial charge on any atom is -0.302 e. The fourth-order valence-corrected chi connectivity index (χ4v) is 1.40. The largest absolute Gasteiger partial charge is 0.302 e. The van der Waals surface area contributed by atoms with Crippen LogP contribution in [0.4, 0.5) is 0 Å². The van der Waals surface area contributed by atoms with Crippen molar-refractivity contribution in [2.24, 2.45) is 0 Å². The molecule has 0 fully saturated rings. The van der Waals surface area contributed by atoms with Crippen molar-refractivity contribution in [3.05, 3.63) is 0 Å². The Labute approximate surface area is 82.7 Å². The summed E-state index contributed by atoms with van der Waals surface area (Å²) >= 11 is 0. The molecule has 2 atom stereocenters. The Bertz CT molecular complexity index is 156.